The molecule has 0 atom stereocenters. The molecule has 3 N–H and O–H groups in total. The van der Waals surface area contributed by atoms with E-state index in [0.717, 1.165) is 0 Å². The Hall–Kier alpha value is -2.88. The average Bonchev–Trinajstić information content (AvgIpc) is 2.61. The largest absolute Gasteiger partial charge is 0.480 e. The third kappa shape index (κ3) is 9.17. The molecule has 0 aliphatic heterocycles. The summed E-state index contributed by atoms with van der Waals surface area (Å²) in [6.45, 7) is 4.26. The van der Waals surface area contributed by atoms with Gasteiger partial charge in [-0.05, 0) is 32.9 Å². The maximum absolute atomic E-state index is 12.2. The highest BCUT2D eigenvalue weighted by Crippen LogP contribution is 2.17. The van der Waals surface area contributed by atoms with Crippen LogP contribution in [-0.2, 0) is 19.1 Å². The molecule has 2 amide bonds. The Labute approximate surface area is 166 Å². The number of ether oxygens (including phenoxy) is 1. The SMILES string of the molecule is CC(C)(C)OC(=O)c1cccc(C(=O)SCC(=O)NCC(=O)NCC(=O)O)c1. The molecule has 0 saturated carbocycles. The van der Waals surface area contributed by atoms with Crippen LogP contribution in [-0.4, -0.2) is 58.4 Å². The molecule has 1 aromatic rings. The van der Waals surface area contributed by atoms with Crippen LogP contribution in [0, 0.1) is 0 Å². The fourth-order valence-corrected chi connectivity index (χ4v) is 2.45. The lowest BCUT2D eigenvalue weighted by atomic mass is 10.1. The monoisotopic (exact) mass is 410 g/mol. The standard InChI is InChI=1S/C18H22N2O7S/c1-18(2,3)27-16(25)11-5-4-6-12(7-11)17(26)28-10-14(22)19-8-13(21)20-9-15(23)24/h4-7H,8-10H2,1-3H3,(H,19,22)(H,20,21)(H,23,24). The van der Waals surface area contributed by atoms with Crippen molar-refractivity contribution in [2.45, 2.75) is 26.4 Å². The van der Waals surface area contributed by atoms with Crippen molar-refractivity contribution < 1.29 is 33.8 Å². The van der Waals surface area contributed by atoms with Gasteiger partial charge in [0.2, 0.25) is 16.9 Å². The highest BCUT2D eigenvalue weighted by molar-refractivity contribution is 8.14. The molecule has 0 bridgehead atoms. The Morgan fingerprint density at radius 1 is 1.00 bits per heavy atom. The minimum absolute atomic E-state index is 0.223. The number of thioether (sulfide) groups is 1. The number of nitrogens with one attached hydrogen (secondary N) is 2. The molecule has 0 fully saturated rings. The first kappa shape index (κ1) is 23.2. The van der Waals surface area contributed by atoms with E-state index in [4.69, 9.17) is 9.84 Å². The molecule has 10 heteroatoms. The van der Waals surface area contributed by atoms with E-state index in [9.17, 15) is 24.0 Å². The molecule has 0 aliphatic carbocycles. The zero-order valence-electron chi connectivity index (χ0n) is 15.7. The summed E-state index contributed by atoms with van der Waals surface area (Å²) in [6, 6.07) is 5.97. The van der Waals surface area contributed by atoms with E-state index in [1.165, 1.54) is 18.2 Å². The number of carbonyl (C=O) groups excluding carboxylic acids is 4. The van der Waals surface area contributed by atoms with Gasteiger partial charge in [0.1, 0.15) is 12.1 Å². The van der Waals surface area contributed by atoms with Crippen LogP contribution in [0.4, 0.5) is 0 Å². The Balaban J connectivity index is 2.52. The van der Waals surface area contributed by atoms with Crippen LogP contribution in [0.5, 0.6) is 0 Å². The normalized spacial score (nSPS) is 10.7. The Morgan fingerprint density at radius 2 is 1.61 bits per heavy atom. The minimum atomic E-state index is -1.20. The summed E-state index contributed by atoms with van der Waals surface area (Å²) in [6.07, 6.45) is 0. The lowest BCUT2D eigenvalue weighted by Crippen LogP contribution is -2.39. The second-order valence-corrected chi connectivity index (χ2v) is 7.55. The van der Waals surface area contributed by atoms with E-state index in [1.807, 2.05) is 0 Å². The van der Waals surface area contributed by atoms with Crippen molar-refractivity contribution in [1.29, 1.82) is 0 Å². The van der Waals surface area contributed by atoms with E-state index >= 15 is 0 Å². The van der Waals surface area contributed by atoms with Crippen LogP contribution >= 0.6 is 11.8 Å². The summed E-state index contributed by atoms with van der Waals surface area (Å²) in [5.74, 6) is -3.21. The lowest BCUT2D eigenvalue weighted by Gasteiger charge is -2.19. The first-order valence-electron chi connectivity index (χ1n) is 8.23. The number of esters is 1. The van der Waals surface area contributed by atoms with Crippen LogP contribution in [0.1, 0.15) is 41.5 Å². The van der Waals surface area contributed by atoms with Crippen molar-refractivity contribution >= 4 is 40.6 Å². The Kier molecular flexibility index (Phi) is 8.65. The molecular weight excluding hydrogens is 388 g/mol. The van der Waals surface area contributed by atoms with Gasteiger partial charge in [-0.15, -0.1) is 0 Å². The van der Waals surface area contributed by atoms with Crippen LogP contribution in [0.2, 0.25) is 0 Å². The third-order valence-electron chi connectivity index (χ3n) is 2.95. The van der Waals surface area contributed by atoms with Gasteiger partial charge in [0.15, 0.2) is 0 Å². The summed E-state index contributed by atoms with van der Waals surface area (Å²) in [5, 5.41) is 12.4. The van der Waals surface area contributed by atoms with Gasteiger partial charge in [0, 0.05) is 5.56 Å². The van der Waals surface area contributed by atoms with Gasteiger partial charge in [0.05, 0.1) is 17.9 Å². The van der Waals surface area contributed by atoms with Gasteiger partial charge >= 0.3 is 11.9 Å². The molecule has 0 spiro atoms. The van der Waals surface area contributed by atoms with Gasteiger partial charge in [-0.3, -0.25) is 19.2 Å². The third-order valence-corrected chi connectivity index (χ3v) is 3.85. The predicted octanol–water partition coefficient (Wildman–Crippen LogP) is 0.832. The maximum Gasteiger partial charge on any atom is 0.338 e. The van der Waals surface area contributed by atoms with E-state index in [1.54, 1.807) is 26.8 Å². The molecule has 0 aromatic heterocycles. The minimum Gasteiger partial charge on any atom is -0.480 e. The van der Waals surface area contributed by atoms with E-state index < -0.39 is 47.6 Å². The number of rotatable bonds is 8. The zero-order chi connectivity index (χ0) is 21.3. The number of amides is 2. The molecular formula is C18H22N2O7S. The molecule has 0 heterocycles. The maximum atomic E-state index is 12.2. The molecule has 1 aromatic carbocycles. The van der Waals surface area contributed by atoms with Crippen molar-refractivity contribution in [1.82, 2.24) is 10.6 Å². The highest BCUT2D eigenvalue weighted by atomic mass is 32.2. The molecule has 0 radical (unpaired) electrons. The van der Waals surface area contributed by atoms with Crippen molar-refractivity contribution in [3.63, 3.8) is 0 Å². The second-order valence-electron chi connectivity index (χ2n) is 6.61. The Bertz CT molecular complexity index is 771. The lowest BCUT2D eigenvalue weighted by molar-refractivity contribution is -0.137. The average molecular weight is 410 g/mol. The van der Waals surface area contributed by atoms with E-state index in [0.29, 0.717) is 11.8 Å². The number of carboxylic acids is 1. The van der Waals surface area contributed by atoms with Gasteiger partial charge in [-0.2, -0.15) is 0 Å². The van der Waals surface area contributed by atoms with Crippen LogP contribution in [0.15, 0.2) is 24.3 Å². The van der Waals surface area contributed by atoms with Crippen molar-refractivity contribution in [2.24, 2.45) is 0 Å². The first-order chi connectivity index (χ1) is 13.0. The fourth-order valence-electron chi connectivity index (χ4n) is 1.79. The van der Waals surface area contributed by atoms with E-state index in [2.05, 4.69) is 10.6 Å². The zero-order valence-corrected chi connectivity index (χ0v) is 16.6. The molecule has 0 saturated heterocycles. The fraction of sp³-hybridized carbons (Fsp3) is 0.389. The number of benzene rings is 1. The Morgan fingerprint density at radius 3 is 2.21 bits per heavy atom. The molecule has 0 aliphatic rings. The van der Waals surface area contributed by atoms with Gasteiger partial charge in [-0.1, -0.05) is 23.9 Å². The number of carboxylic acid groups (broad SMARTS) is 1. The first-order valence-corrected chi connectivity index (χ1v) is 9.22. The van der Waals surface area contributed by atoms with Crippen LogP contribution < -0.4 is 10.6 Å². The van der Waals surface area contributed by atoms with Crippen molar-refractivity contribution in [3.8, 4) is 0 Å². The molecule has 0 unspecified atom stereocenters. The van der Waals surface area contributed by atoms with Crippen LogP contribution in [0.3, 0.4) is 0 Å². The molecule has 9 nitrogen and oxygen atoms in total. The van der Waals surface area contributed by atoms with Gasteiger partial charge in [0.25, 0.3) is 0 Å². The summed E-state index contributed by atoms with van der Waals surface area (Å²) in [7, 11) is 0. The number of hydrogen-bond acceptors (Lipinski definition) is 7. The van der Waals surface area contributed by atoms with Crippen molar-refractivity contribution in [3.05, 3.63) is 35.4 Å². The topological polar surface area (TPSA) is 139 Å². The quantitative estimate of drug-likeness (QED) is 0.536. The van der Waals surface area contributed by atoms with Gasteiger partial charge < -0.3 is 20.5 Å². The van der Waals surface area contributed by atoms with Crippen molar-refractivity contribution in [2.75, 3.05) is 18.8 Å². The molecule has 1 rings (SSSR count). The van der Waals surface area contributed by atoms with Crippen LogP contribution in [0.25, 0.3) is 0 Å². The number of aliphatic carboxylic acids is 1. The highest BCUT2D eigenvalue weighted by Gasteiger charge is 2.19. The molecule has 152 valence electrons. The smallest absolute Gasteiger partial charge is 0.338 e. The summed E-state index contributed by atoms with van der Waals surface area (Å²) >= 11 is 0.712. The summed E-state index contributed by atoms with van der Waals surface area (Å²) in [5.41, 5.74) is -0.206. The molecule has 28 heavy (non-hydrogen) atoms. The summed E-state index contributed by atoms with van der Waals surface area (Å²) in [4.78, 5) is 57.6. The number of carbonyl (C=O) groups is 5. The second kappa shape index (κ2) is 10.5. The summed E-state index contributed by atoms with van der Waals surface area (Å²) < 4.78 is 5.25. The van der Waals surface area contributed by atoms with E-state index in [-0.39, 0.29) is 16.9 Å². The number of hydrogen-bond donors (Lipinski definition) is 3. The van der Waals surface area contributed by atoms with Gasteiger partial charge in [-0.25, -0.2) is 4.79 Å². The predicted molar refractivity (Wildman–Crippen MR) is 102 cm³/mol.